The van der Waals surface area contributed by atoms with Crippen molar-refractivity contribution in [2.24, 2.45) is 69.7 Å². The van der Waals surface area contributed by atoms with Crippen LogP contribution in [-0.4, -0.2) is 299 Å². The summed E-state index contributed by atoms with van der Waals surface area (Å²) in [6, 6.07) is -11.5. The summed E-state index contributed by atoms with van der Waals surface area (Å²) in [6.45, 7) is 26.0. The Balaban J connectivity index is 2.58. The molecule has 0 saturated heterocycles. The first-order valence-electron chi connectivity index (χ1n) is 52.8. The summed E-state index contributed by atoms with van der Waals surface area (Å²) < 4.78 is 16.2. The number of amides is 18. The number of ether oxygens (including phenoxy) is 3. The predicted octanol–water partition coefficient (Wildman–Crippen LogP) is -1.81. The molecule has 0 radical (unpaired) electrons. The normalized spacial score (nSPS) is 19.3. The van der Waals surface area contributed by atoms with Crippen LogP contribution in [0.15, 0.2) is 42.5 Å². The molecule has 2 rings (SSSR count). The molecule has 32 N–H and O–H groups in total. The Morgan fingerprint density at radius 1 is 0.405 bits per heavy atom. The molecule has 0 spiro atoms. The molecular formula is C102H182N24O22. The number of nitrogens with two attached hydrogens (primary N) is 7. The van der Waals surface area contributed by atoms with Crippen LogP contribution in [0, 0.1) is 29.6 Å². The van der Waals surface area contributed by atoms with Gasteiger partial charge in [-0.25, -0.2) is 0 Å². The smallest absolute Gasteiger partial charge is 0.246 e. The zero-order valence-electron chi connectivity index (χ0n) is 90.2. The minimum absolute atomic E-state index is 0.0168. The summed E-state index contributed by atoms with van der Waals surface area (Å²) in [5, 5.41) is 57.2. The number of primary amides is 1. The second-order valence-electron chi connectivity index (χ2n) is 40.8. The van der Waals surface area contributed by atoms with Gasteiger partial charge >= 0.3 is 0 Å². The second kappa shape index (κ2) is 73.2. The van der Waals surface area contributed by atoms with E-state index in [9.17, 15) is 86.6 Å². The van der Waals surface area contributed by atoms with E-state index < -0.39 is 227 Å². The summed E-state index contributed by atoms with van der Waals surface area (Å²) in [5.74, 6) is -16.3. The molecule has 0 aromatic heterocycles. The van der Waals surface area contributed by atoms with Crippen LogP contribution in [0.5, 0.6) is 0 Å². The fourth-order valence-corrected chi connectivity index (χ4v) is 16.2. The average molecular weight is 2100 g/mol. The molecule has 0 bridgehead atoms. The van der Waals surface area contributed by atoms with Crippen LogP contribution >= 0.6 is 0 Å². The largest absolute Gasteiger partial charge is 0.394 e. The number of hydrogen-bond acceptors (Lipinski definition) is 28. The summed E-state index contributed by atoms with van der Waals surface area (Å²) >= 11 is 0. The second-order valence-corrected chi connectivity index (χ2v) is 40.8. The van der Waals surface area contributed by atoms with Gasteiger partial charge in [0.2, 0.25) is 106 Å². The monoisotopic (exact) mass is 2100 g/mol. The van der Waals surface area contributed by atoms with Crippen molar-refractivity contribution in [1.29, 1.82) is 0 Å². The highest BCUT2D eigenvalue weighted by molar-refractivity contribution is 6.02. The molecule has 1 heterocycles. The number of hydrogen-bond donors (Lipinski definition) is 25. The highest BCUT2D eigenvalue weighted by Gasteiger charge is 2.44. The van der Waals surface area contributed by atoms with Crippen molar-refractivity contribution in [1.82, 2.24) is 90.4 Å². The van der Waals surface area contributed by atoms with Crippen molar-refractivity contribution < 1.29 is 106 Å². The number of carbonyl (C=O) groups is 18. The van der Waals surface area contributed by atoms with Crippen molar-refractivity contribution in [3.05, 3.63) is 48.0 Å². The Labute approximate surface area is 874 Å². The molecule has 46 nitrogen and oxygen atoms in total. The van der Waals surface area contributed by atoms with Gasteiger partial charge in [0.1, 0.15) is 108 Å². The Kier molecular flexibility index (Phi) is 65.8. The molecule has 0 fully saturated rings. The van der Waals surface area contributed by atoms with E-state index in [4.69, 9.17) is 54.3 Å². The topological polar surface area (TPSA) is 742 Å². The first-order chi connectivity index (χ1) is 70.1. The highest BCUT2D eigenvalue weighted by atomic mass is 16.5. The molecule has 1 aromatic carbocycles. The highest BCUT2D eigenvalue weighted by Crippen LogP contribution is 2.23. The van der Waals surface area contributed by atoms with Crippen LogP contribution < -0.4 is 131 Å². The van der Waals surface area contributed by atoms with Crippen LogP contribution in [0.1, 0.15) is 270 Å². The summed E-state index contributed by atoms with van der Waals surface area (Å²) in [6.07, 6.45) is 9.22. The van der Waals surface area contributed by atoms with Gasteiger partial charge in [-0.05, 0) is 263 Å². The molecule has 1 aromatic rings. The van der Waals surface area contributed by atoms with E-state index in [1.54, 1.807) is 84.0 Å². The third-order valence-corrected chi connectivity index (χ3v) is 24.8. The Morgan fingerprint density at radius 3 is 1.29 bits per heavy atom. The number of carbonyl (C=O) groups excluding carboxylic acids is 18. The molecule has 1 aliphatic heterocycles. The standard InChI is InChI=1S/C102H182N24O22/c1-62(2)55-76(120-90(135)74(40-26-33-47-106)116-88(133)72(38-24-31-45-104)113-82(128)61-148-54-53-147-52-51-146-50-49-108)91(136)110-67(11)85(130)115-73(39-25-32-46-105)89(134)122-80(59-70-35-21-20-22-36-70)94(139)121-79(58-65(7)8)95(140)124-83(66(9)10)98(143)123-81(60-127)97(142)126-102(15)43-29-19-17-16-18-28-42-101(14,99(144)111-68(12)86(131)118-77(56-63(3)4)92(137)114-71(84(109)129)37-23-30-44-103)125-96(141)75(41-27-34-48-107)117-93(138)78(57-64(5)6)119-87(132)69(13)112-100(102)145/h16-17,20-22,35-36,62-69,71-81,83,127H,18-19,23-34,37-61,103-108H2,1-15H3,(H2,109,129)(H,110,136)(H,111,144)(H,112,145)(H,113,128)(H,114,137)(H,115,130)(H,116,133)(H,117,138)(H,118,131)(H,119,132)(H,120,135)(H,121,139)(H,122,134)(H,123,143)(H,124,140)(H,125,141)(H,126,142)/b17-16-/t67-,68-,69-,71-,72-,73-,74-,75-,76-,77-,78-,79-,80-,81-,83-,101-,102-/m0/s1. The quantitative estimate of drug-likeness (QED) is 0.0252. The summed E-state index contributed by atoms with van der Waals surface area (Å²) in [5.41, 5.74) is 37.0. The number of aliphatic hydroxyl groups excluding tert-OH is 1. The van der Waals surface area contributed by atoms with E-state index >= 15 is 4.79 Å². The minimum Gasteiger partial charge on any atom is -0.394 e. The van der Waals surface area contributed by atoms with Gasteiger partial charge in [-0.3, -0.25) is 86.3 Å². The zero-order chi connectivity index (χ0) is 111. The van der Waals surface area contributed by atoms with E-state index in [-0.39, 0.29) is 153 Å². The zero-order valence-corrected chi connectivity index (χ0v) is 90.2. The van der Waals surface area contributed by atoms with E-state index in [1.165, 1.54) is 34.6 Å². The third kappa shape index (κ3) is 52.9. The van der Waals surface area contributed by atoms with Crippen molar-refractivity contribution >= 4 is 106 Å². The first kappa shape index (κ1) is 133. The predicted molar refractivity (Wildman–Crippen MR) is 561 cm³/mol. The lowest BCUT2D eigenvalue weighted by molar-refractivity contribution is -0.139. The lowest BCUT2D eigenvalue weighted by Gasteiger charge is -2.33. The number of allylic oxidation sites excluding steroid dienone is 2. The molecule has 46 heteroatoms. The number of aliphatic hydroxyl groups is 1. The molecule has 1 aliphatic rings. The Morgan fingerprint density at radius 2 is 0.811 bits per heavy atom. The van der Waals surface area contributed by atoms with Crippen molar-refractivity contribution in [2.75, 3.05) is 85.5 Å². The molecule has 842 valence electrons. The molecule has 0 aliphatic carbocycles. The van der Waals surface area contributed by atoms with Gasteiger partial charge in [-0.2, -0.15) is 0 Å². The fraction of sp³-hybridized carbons (Fsp3) is 0.745. The van der Waals surface area contributed by atoms with E-state index in [2.05, 4.69) is 90.4 Å². The van der Waals surface area contributed by atoms with Gasteiger partial charge in [-0.1, -0.05) is 112 Å². The van der Waals surface area contributed by atoms with E-state index in [1.807, 2.05) is 27.7 Å². The minimum atomic E-state index is -1.93. The maximum Gasteiger partial charge on any atom is 0.246 e. The lowest BCUT2D eigenvalue weighted by atomic mass is 9.91. The van der Waals surface area contributed by atoms with Crippen LogP contribution in [0.2, 0.25) is 0 Å². The third-order valence-electron chi connectivity index (χ3n) is 24.8. The van der Waals surface area contributed by atoms with Gasteiger partial charge in [0.15, 0.2) is 0 Å². The van der Waals surface area contributed by atoms with Crippen LogP contribution in [-0.2, 0) is 107 Å². The lowest BCUT2D eigenvalue weighted by Crippen LogP contribution is -2.65. The maximum absolute atomic E-state index is 15.0. The van der Waals surface area contributed by atoms with Crippen molar-refractivity contribution in [2.45, 2.75) is 373 Å². The first-order valence-corrected chi connectivity index (χ1v) is 52.8. The van der Waals surface area contributed by atoms with Crippen LogP contribution in [0.25, 0.3) is 0 Å². The van der Waals surface area contributed by atoms with Gasteiger partial charge < -0.3 is 150 Å². The number of benzene rings is 1. The van der Waals surface area contributed by atoms with Crippen LogP contribution in [0.3, 0.4) is 0 Å². The van der Waals surface area contributed by atoms with Gasteiger partial charge in [0.25, 0.3) is 0 Å². The molecule has 148 heavy (non-hydrogen) atoms. The molecule has 18 amide bonds. The van der Waals surface area contributed by atoms with Crippen molar-refractivity contribution in [3.8, 4) is 0 Å². The van der Waals surface area contributed by atoms with Gasteiger partial charge in [0.05, 0.1) is 39.6 Å². The summed E-state index contributed by atoms with van der Waals surface area (Å²) in [7, 11) is 0. The SMILES string of the molecule is CC(C)C[C@H](NC(=O)[C@H](C)NC(=O)[C@]1(C)CCC/C=C\CCC[C@](C)(NC(=O)[C@H](CO)NC(=O)[C@@H](NC(=O)[C@H](CC(C)C)NC(=O)[C@H](Cc2ccccc2)NC(=O)[C@H](CCCCN)NC(=O)[C@H](C)NC(=O)[C@H](CC(C)C)NC(=O)[C@H](CCCCN)NC(=O)[C@H](CCCCN)NC(=O)COCCOCCOCCN)C(C)C)C(=O)N[C@@H](C)C(=O)N[C@@H](CC(C)C)C(=O)N[C@@H](CCCCN)C(=O)N1)C(=O)N[C@@H](CCCCN)C(N)=O. The number of nitrogens with one attached hydrogen (secondary N) is 17. The maximum atomic E-state index is 15.0. The van der Waals surface area contributed by atoms with Crippen LogP contribution in [0.4, 0.5) is 0 Å². The van der Waals surface area contributed by atoms with Crippen molar-refractivity contribution in [3.63, 3.8) is 0 Å². The average Bonchev–Trinajstić information content (AvgIpc) is 0.905. The molecule has 0 unspecified atom stereocenters. The number of unbranched alkanes of at least 4 members (excludes halogenated alkanes) is 5. The Bertz CT molecular complexity index is 4290. The number of rotatable bonds is 68. The molecular weight excluding hydrogens is 1910 g/mol. The van der Waals surface area contributed by atoms with E-state index in [0.29, 0.717) is 116 Å². The fourth-order valence-electron chi connectivity index (χ4n) is 16.2. The van der Waals surface area contributed by atoms with E-state index in [0.717, 1.165) is 0 Å². The Hall–Kier alpha value is -11.0. The molecule has 17 atom stereocenters. The van der Waals surface area contributed by atoms with Gasteiger partial charge in [-0.15, -0.1) is 0 Å². The van der Waals surface area contributed by atoms with Gasteiger partial charge in [0, 0.05) is 13.0 Å². The summed E-state index contributed by atoms with van der Waals surface area (Å²) in [4.78, 5) is 258. The molecule has 0 saturated carbocycles.